The first-order valence-corrected chi connectivity index (χ1v) is 7.31. The number of halogens is 3. The highest BCUT2D eigenvalue weighted by Gasteiger charge is 2.32. The Hall–Kier alpha value is -1.72. The van der Waals surface area contributed by atoms with E-state index >= 15 is 0 Å². The van der Waals surface area contributed by atoms with Gasteiger partial charge in [0.1, 0.15) is 6.04 Å². The van der Waals surface area contributed by atoms with E-state index in [1.54, 1.807) is 6.07 Å². The molecule has 0 aliphatic rings. The van der Waals surface area contributed by atoms with Gasteiger partial charge in [0.05, 0.1) is 5.56 Å². The highest BCUT2D eigenvalue weighted by Crippen LogP contribution is 2.33. The second kappa shape index (κ2) is 7.51. The zero-order valence-electron chi connectivity index (χ0n) is 13.3. The summed E-state index contributed by atoms with van der Waals surface area (Å²) in [6, 6.07) is 3.49. The maximum atomic E-state index is 12.9. The molecule has 1 unspecified atom stereocenters. The van der Waals surface area contributed by atoms with Crippen molar-refractivity contribution in [2.45, 2.75) is 45.8 Å². The van der Waals surface area contributed by atoms with Gasteiger partial charge in [-0.2, -0.15) is 13.2 Å². The van der Waals surface area contributed by atoms with E-state index in [4.69, 9.17) is 0 Å². The Labute approximate surface area is 129 Å². The van der Waals surface area contributed by atoms with Crippen LogP contribution in [0.15, 0.2) is 18.2 Å². The molecule has 0 saturated carbocycles. The molecule has 3 nitrogen and oxygen atoms in total. The van der Waals surface area contributed by atoms with E-state index in [0.717, 1.165) is 12.5 Å². The molecule has 0 saturated heterocycles. The maximum absolute atomic E-state index is 12.9. The number of aryl methyl sites for hydroxylation is 1. The standard InChI is InChI=1S/C16H23F3N2O/c1-10(2)5-8-14(15(22)20-4)21-12-7-6-11(3)13(9-12)16(17,18)19/h6-7,9-10,14,21H,5,8H2,1-4H3,(H,20,22). The zero-order valence-corrected chi connectivity index (χ0v) is 13.3. The van der Waals surface area contributed by atoms with Crippen LogP contribution in [0.25, 0.3) is 0 Å². The lowest BCUT2D eigenvalue weighted by molar-refractivity contribution is -0.138. The molecule has 1 amide bonds. The SMILES string of the molecule is CNC(=O)C(CCC(C)C)Nc1ccc(C)c(C(F)(F)F)c1. The fourth-order valence-electron chi connectivity index (χ4n) is 2.16. The van der Waals surface area contributed by atoms with Crippen LogP contribution < -0.4 is 10.6 Å². The smallest absolute Gasteiger partial charge is 0.374 e. The van der Waals surface area contributed by atoms with Gasteiger partial charge in [0.25, 0.3) is 0 Å². The van der Waals surface area contributed by atoms with Crippen LogP contribution in [0.5, 0.6) is 0 Å². The van der Waals surface area contributed by atoms with Crippen molar-refractivity contribution in [2.24, 2.45) is 5.92 Å². The van der Waals surface area contributed by atoms with Gasteiger partial charge in [0, 0.05) is 12.7 Å². The Balaban J connectivity index is 2.96. The molecule has 0 aliphatic heterocycles. The number of rotatable bonds is 6. The predicted octanol–water partition coefficient (Wildman–Crippen LogP) is 3.98. The third-order valence-corrected chi connectivity index (χ3v) is 3.48. The third-order valence-electron chi connectivity index (χ3n) is 3.48. The number of hydrogen-bond donors (Lipinski definition) is 2. The minimum Gasteiger partial charge on any atom is -0.374 e. The molecular formula is C16H23F3N2O. The van der Waals surface area contributed by atoms with Crippen LogP contribution >= 0.6 is 0 Å². The quantitative estimate of drug-likeness (QED) is 0.833. The lowest BCUT2D eigenvalue weighted by atomic mass is 10.0. The van der Waals surface area contributed by atoms with Crippen molar-refractivity contribution >= 4 is 11.6 Å². The predicted molar refractivity (Wildman–Crippen MR) is 81.7 cm³/mol. The lowest BCUT2D eigenvalue weighted by Crippen LogP contribution is -2.38. The third kappa shape index (κ3) is 5.24. The topological polar surface area (TPSA) is 41.1 Å². The summed E-state index contributed by atoms with van der Waals surface area (Å²) in [6.07, 6.45) is -3.03. The number of nitrogens with one attached hydrogen (secondary N) is 2. The summed E-state index contributed by atoms with van der Waals surface area (Å²) in [5.41, 5.74) is -0.218. The molecule has 22 heavy (non-hydrogen) atoms. The zero-order chi connectivity index (χ0) is 16.9. The Morgan fingerprint density at radius 1 is 1.23 bits per heavy atom. The second-order valence-corrected chi connectivity index (χ2v) is 5.81. The molecule has 2 N–H and O–H groups in total. The second-order valence-electron chi connectivity index (χ2n) is 5.81. The fraction of sp³-hybridized carbons (Fsp3) is 0.562. The average molecular weight is 316 g/mol. The Morgan fingerprint density at radius 2 is 1.86 bits per heavy atom. The van der Waals surface area contributed by atoms with Crippen LogP contribution in [-0.4, -0.2) is 19.0 Å². The molecule has 124 valence electrons. The van der Waals surface area contributed by atoms with Crippen molar-refractivity contribution in [1.82, 2.24) is 5.32 Å². The number of likely N-dealkylation sites (N-methyl/N-ethyl adjacent to an activating group) is 1. The number of benzene rings is 1. The molecule has 1 aromatic rings. The Bertz CT molecular complexity index is 513. The molecule has 0 heterocycles. The number of anilines is 1. The molecular weight excluding hydrogens is 293 g/mol. The van der Waals surface area contributed by atoms with E-state index in [-0.39, 0.29) is 11.5 Å². The van der Waals surface area contributed by atoms with Crippen LogP contribution in [0, 0.1) is 12.8 Å². The monoisotopic (exact) mass is 316 g/mol. The van der Waals surface area contributed by atoms with Gasteiger partial charge < -0.3 is 10.6 Å². The Morgan fingerprint density at radius 3 is 2.36 bits per heavy atom. The first kappa shape index (κ1) is 18.3. The van der Waals surface area contributed by atoms with Crippen LogP contribution in [0.2, 0.25) is 0 Å². The first-order chi connectivity index (χ1) is 10.1. The van der Waals surface area contributed by atoms with Crippen molar-refractivity contribution in [3.05, 3.63) is 29.3 Å². The van der Waals surface area contributed by atoms with Gasteiger partial charge in [-0.05, 0) is 43.4 Å². The highest BCUT2D eigenvalue weighted by atomic mass is 19.4. The number of hydrogen-bond acceptors (Lipinski definition) is 2. The molecule has 0 radical (unpaired) electrons. The van der Waals surface area contributed by atoms with Crippen molar-refractivity contribution in [3.63, 3.8) is 0 Å². The van der Waals surface area contributed by atoms with E-state index < -0.39 is 17.8 Å². The Kier molecular flexibility index (Phi) is 6.26. The summed E-state index contributed by atoms with van der Waals surface area (Å²) in [5, 5.41) is 5.45. The van der Waals surface area contributed by atoms with Crippen LogP contribution in [0.3, 0.4) is 0 Å². The van der Waals surface area contributed by atoms with Gasteiger partial charge in [0.2, 0.25) is 5.91 Å². The fourth-order valence-corrected chi connectivity index (χ4v) is 2.16. The summed E-state index contributed by atoms with van der Waals surface area (Å²) in [4.78, 5) is 11.9. The number of carbonyl (C=O) groups excluding carboxylic acids is 1. The molecule has 0 bridgehead atoms. The number of alkyl halides is 3. The van der Waals surface area contributed by atoms with Gasteiger partial charge in [-0.15, -0.1) is 0 Å². The van der Waals surface area contributed by atoms with Gasteiger partial charge in [0.15, 0.2) is 0 Å². The molecule has 0 aromatic heterocycles. The van der Waals surface area contributed by atoms with E-state index in [2.05, 4.69) is 10.6 Å². The highest BCUT2D eigenvalue weighted by molar-refractivity contribution is 5.84. The largest absolute Gasteiger partial charge is 0.416 e. The van der Waals surface area contributed by atoms with Crippen LogP contribution in [0.4, 0.5) is 18.9 Å². The molecule has 0 spiro atoms. The van der Waals surface area contributed by atoms with Gasteiger partial charge in [-0.3, -0.25) is 4.79 Å². The summed E-state index contributed by atoms with van der Waals surface area (Å²) in [5.74, 6) is 0.187. The first-order valence-electron chi connectivity index (χ1n) is 7.31. The molecule has 1 aromatic carbocycles. The minimum atomic E-state index is -4.40. The average Bonchev–Trinajstić information content (AvgIpc) is 2.42. The van der Waals surface area contributed by atoms with E-state index in [9.17, 15) is 18.0 Å². The lowest BCUT2D eigenvalue weighted by Gasteiger charge is -2.20. The maximum Gasteiger partial charge on any atom is 0.416 e. The minimum absolute atomic E-state index is 0.164. The van der Waals surface area contributed by atoms with Gasteiger partial charge in [-0.1, -0.05) is 19.9 Å². The van der Waals surface area contributed by atoms with Gasteiger partial charge >= 0.3 is 6.18 Å². The summed E-state index contributed by atoms with van der Waals surface area (Å²) in [7, 11) is 1.52. The van der Waals surface area contributed by atoms with Crippen molar-refractivity contribution in [1.29, 1.82) is 0 Å². The summed E-state index contributed by atoms with van der Waals surface area (Å²) in [6.45, 7) is 5.49. The van der Waals surface area contributed by atoms with Crippen molar-refractivity contribution in [2.75, 3.05) is 12.4 Å². The van der Waals surface area contributed by atoms with Crippen LogP contribution in [-0.2, 0) is 11.0 Å². The molecule has 0 aliphatic carbocycles. The van der Waals surface area contributed by atoms with Crippen LogP contribution in [0.1, 0.15) is 37.8 Å². The van der Waals surface area contributed by atoms with Crippen molar-refractivity contribution < 1.29 is 18.0 Å². The summed E-state index contributed by atoms with van der Waals surface area (Å²) < 4.78 is 38.8. The number of amides is 1. The van der Waals surface area contributed by atoms with Crippen molar-refractivity contribution in [3.8, 4) is 0 Å². The molecule has 0 fully saturated rings. The molecule has 6 heteroatoms. The molecule has 1 atom stereocenters. The van der Waals surface area contributed by atoms with E-state index in [1.807, 2.05) is 13.8 Å². The normalized spacial score (nSPS) is 13.1. The number of carbonyl (C=O) groups is 1. The van der Waals surface area contributed by atoms with Gasteiger partial charge in [-0.25, -0.2) is 0 Å². The van der Waals surface area contributed by atoms with E-state index in [0.29, 0.717) is 18.0 Å². The molecule has 1 rings (SSSR count). The summed E-state index contributed by atoms with van der Waals surface area (Å²) >= 11 is 0. The van der Waals surface area contributed by atoms with E-state index in [1.165, 1.54) is 20.0 Å².